The predicted molar refractivity (Wildman–Crippen MR) is 115 cm³/mol. The molecule has 138 valence electrons. The van der Waals surface area contributed by atoms with Crippen LogP contribution in [0.4, 0.5) is 11.5 Å². The van der Waals surface area contributed by atoms with Crippen molar-refractivity contribution in [3.05, 3.63) is 45.3 Å². The molecule has 8 heteroatoms. The summed E-state index contributed by atoms with van der Waals surface area (Å²) < 4.78 is 1.86. The molecule has 2 aromatic carbocycles. The van der Waals surface area contributed by atoms with Crippen molar-refractivity contribution >= 4 is 54.3 Å². The average Bonchev–Trinajstić information content (AvgIpc) is 2.68. The van der Waals surface area contributed by atoms with Gasteiger partial charge >= 0.3 is 0 Å². The zero-order valence-corrected chi connectivity index (χ0v) is 17.7. The predicted octanol–water partition coefficient (Wildman–Crippen LogP) is 5.89. The van der Waals surface area contributed by atoms with E-state index in [1.54, 1.807) is 0 Å². The molecule has 0 bridgehead atoms. The van der Waals surface area contributed by atoms with Crippen LogP contribution >= 0.6 is 31.9 Å². The lowest BCUT2D eigenvalue weighted by Gasteiger charge is -2.21. The first-order valence-electron chi connectivity index (χ1n) is 8.79. The van der Waals surface area contributed by atoms with Crippen molar-refractivity contribution in [3.8, 4) is 11.4 Å². The molecule has 1 aliphatic heterocycles. The maximum Gasteiger partial charge on any atom is 0.164 e. The normalized spacial score (nSPS) is 15.0. The summed E-state index contributed by atoms with van der Waals surface area (Å²) in [6, 6.07) is 11.6. The summed E-state index contributed by atoms with van der Waals surface area (Å²) in [5.41, 5.74) is 8.50. The first-order valence-corrected chi connectivity index (χ1v) is 10.4. The van der Waals surface area contributed by atoms with Gasteiger partial charge in [0.15, 0.2) is 5.82 Å². The van der Waals surface area contributed by atoms with Gasteiger partial charge in [-0.3, -0.25) is 5.01 Å². The number of hydrogen-bond acceptors (Lipinski definition) is 5. The molecule has 2 heterocycles. The third-order valence-electron chi connectivity index (χ3n) is 4.50. The van der Waals surface area contributed by atoms with Gasteiger partial charge in [-0.1, -0.05) is 37.1 Å². The van der Waals surface area contributed by atoms with Gasteiger partial charge in [0.1, 0.15) is 5.82 Å². The number of anilines is 1. The number of nitrogen functional groups attached to an aromatic ring is 1. The van der Waals surface area contributed by atoms with Crippen molar-refractivity contribution in [2.75, 3.05) is 18.8 Å². The van der Waals surface area contributed by atoms with Crippen LogP contribution in [0.2, 0.25) is 0 Å². The summed E-state index contributed by atoms with van der Waals surface area (Å²) in [5.74, 6) is 0.978. The van der Waals surface area contributed by atoms with Crippen molar-refractivity contribution in [3.63, 3.8) is 0 Å². The molecule has 1 aliphatic rings. The van der Waals surface area contributed by atoms with Crippen LogP contribution in [0.5, 0.6) is 0 Å². The Hall–Kier alpha value is -2.06. The minimum absolute atomic E-state index is 0.440. The summed E-state index contributed by atoms with van der Waals surface area (Å²) in [5, 5.41) is 11.7. The van der Waals surface area contributed by atoms with Crippen LogP contribution in [-0.2, 0) is 0 Å². The van der Waals surface area contributed by atoms with Crippen molar-refractivity contribution in [2.45, 2.75) is 19.3 Å². The molecule has 3 aromatic rings. The van der Waals surface area contributed by atoms with Crippen LogP contribution in [0, 0.1) is 0 Å². The average molecular weight is 490 g/mol. The lowest BCUT2D eigenvalue weighted by atomic mass is 10.1. The first kappa shape index (κ1) is 18.3. The van der Waals surface area contributed by atoms with Gasteiger partial charge < -0.3 is 5.73 Å². The zero-order chi connectivity index (χ0) is 18.8. The van der Waals surface area contributed by atoms with Crippen molar-refractivity contribution in [2.24, 2.45) is 10.3 Å². The summed E-state index contributed by atoms with van der Waals surface area (Å²) in [6.45, 7) is 1.90. The number of benzene rings is 2. The quantitative estimate of drug-likeness (QED) is 0.465. The van der Waals surface area contributed by atoms with Crippen LogP contribution in [-0.4, -0.2) is 28.1 Å². The van der Waals surface area contributed by atoms with E-state index in [0.29, 0.717) is 11.6 Å². The molecule has 6 nitrogen and oxygen atoms in total. The molecule has 4 rings (SSSR count). The SMILES string of the molecule is Nc1nc(-c2cc(Br)ccc2N=NN2CCCCC2)nc2ccc(Br)cc12. The van der Waals surface area contributed by atoms with E-state index in [4.69, 9.17) is 10.7 Å². The second-order valence-electron chi connectivity index (χ2n) is 6.46. The Bertz CT molecular complexity index is 1010. The van der Waals surface area contributed by atoms with E-state index in [2.05, 4.69) is 47.2 Å². The highest BCUT2D eigenvalue weighted by Gasteiger charge is 2.13. The molecule has 1 aromatic heterocycles. The van der Waals surface area contributed by atoms with Gasteiger partial charge in [-0.05, 0) is 55.7 Å². The van der Waals surface area contributed by atoms with Crippen molar-refractivity contribution in [1.29, 1.82) is 0 Å². The molecule has 27 heavy (non-hydrogen) atoms. The highest BCUT2D eigenvalue weighted by atomic mass is 79.9. The number of piperidine rings is 1. The molecule has 1 fully saturated rings. The molecule has 0 spiro atoms. The molecular weight excluding hydrogens is 472 g/mol. The highest BCUT2D eigenvalue weighted by Crippen LogP contribution is 2.34. The van der Waals surface area contributed by atoms with Gasteiger partial charge in [-0.15, -0.1) is 5.11 Å². The molecule has 0 unspecified atom stereocenters. The smallest absolute Gasteiger partial charge is 0.164 e. The summed E-state index contributed by atoms with van der Waals surface area (Å²) in [6.07, 6.45) is 3.58. The lowest BCUT2D eigenvalue weighted by Crippen LogP contribution is -2.23. The number of halogens is 2. The van der Waals surface area contributed by atoms with Gasteiger partial charge in [-0.25, -0.2) is 9.97 Å². The molecule has 0 amide bonds. The van der Waals surface area contributed by atoms with E-state index in [0.717, 1.165) is 57.0 Å². The fourth-order valence-electron chi connectivity index (χ4n) is 3.10. The number of hydrogen-bond donors (Lipinski definition) is 1. The van der Waals surface area contributed by atoms with Crippen LogP contribution in [0.3, 0.4) is 0 Å². The van der Waals surface area contributed by atoms with Crippen molar-refractivity contribution < 1.29 is 0 Å². The molecule has 0 saturated carbocycles. The minimum atomic E-state index is 0.440. The minimum Gasteiger partial charge on any atom is -0.383 e. The van der Waals surface area contributed by atoms with Gasteiger partial charge in [-0.2, -0.15) is 0 Å². The molecule has 0 aliphatic carbocycles. The topological polar surface area (TPSA) is 79.8 Å². The van der Waals surface area contributed by atoms with E-state index in [-0.39, 0.29) is 0 Å². The molecular formula is C19H18Br2N6. The number of fused-ring (bicyclic) bond motifs is 1. The standard InChI is InChI=1S/C19H18Br2N6/c20-12-4-6-16-14(10-12)18(22)24-19(23-16)15-11-13(21)5-7-17(15)25-26-27-8-2-1-3-9-27/h4-7,10-11H,1-3,8-9H2,(H2,22,23,24). The summed E-state index contributed by atoms with van der Waals surface area (Å²) in [7, 11) is 0. The Labute approximate surface area is 174 Å². The number of nitrogens with zero attached hydrogens (tertiary/aromatic N) is 5. The zero-order valence-electron chi connectivity index (χ0n) is 14.6. The fraction of sp³-hybridized carbons (Fsp3) is 0.263. The number of nitrogens with two attached hydrogens (primary N) is 1. The Morgan fingerprint density at radius 3 is 2.48 bits per heavy atom. The molecule has 1 saturated heterocycles. The van der Waals surface area contributed by atoms with Gasteiger partial charge in [0.25, 0.3) is 0 Å². The van der Waals surface area contributed by atoms with Gasteiger partial charge in [0.05, 0.1) is 11.2 Å². The van der Waals surface area contributed by atoms with Crippen LogP contribution in [0.15, 0.2) is 55.7 Å². The van der Waals surface area contributed by atoms with E-state index in [9.17, 15) is 0 Å². The van der Waals surface area contributed by atoms with Crippen LogP contribution in [0.1, 0.15) is 19.3 Å². The molecule has 0 radical (unpaired) electrons. The Kier molecular flexibility index (Phi) is 5.36. The highest BCUT2D eigenvalue weighted by molar-refractivity contribution is 9.10. The first-order chi connectivity index (χ1) is 13.1. The summed E-state index contributed by atoms with van der Waals surface area (Å²) >= 11 is 6.98. The monoisotopic (exact) mass is 488 g/mol. The fourth-order valence-corrected chi connectivity index (χ4v) is 3.82. The third-order valence-corrected chi connectivity index (χ3v) is 5.48. The Balaban J connectivity index is 1.76. The molecule has 2 N–H and O–H groups in total. The Morgan fingerprint density at radius 1 is 0.926 bits per heavy atom. The van der Waals surface area contributed by atoms with Crippen LogP contribution in [0.25, 0.3) is 22.3 Å². The Morgan fingerprint density at radius 2 is 1.67 bits per heavy atom. The number of rotatable bonds is 3. The van der Waals surface area contributed by atoms with E-state index >= 15 is 0 Å². The summed E-state index contributed by atoms with van der Waals surface area (Å²) in [4.78, 5) is 9.21. The van der Waals surface area contributed by atoms with E-state index < -0.39 is 0 Å². The second-order valence-corrected chi connectivity index (χ2v) is 8.29. The number of aromatic nitrogens is 2. The van der Waals surface area contributed by atoms with Crippen LogP contribution < -0.4 is 5.73 Å². The molecule has 0 atom stereocenters. The second kappa shape index (κ2) is 7.90. The van der Waals surface area contributed by atoms with E-state index in [1.807, 2.05) is 41.4 Å². The van der Waals surface area contributed by atoms with Crippen molar-refractivity contribution in [1.82, 2.24) is 15.0 Å². The largest absolute Gasteiger partial charge is 0.383 e. The van der Waals surface area contributed by atoms with Gasteiger partial charge in [0, 0.05) is 33.0 Å². The lowest BCUT2D eigenvalue weighted by molar-refractivity contribution is 0.224. The third kappa shape index (κ3) is 4.11. The van der Waals surface area contributed by atoms with Gasteiger partial charge in [0.2, 0.25) is 0 Å². The maximum atomic E-state index is 6.20. The maximum absolute atomic E-state index is 6.20. The van der Waals surface area contributed by atoms with E-state index in [1.165, 1.54) is 6.42 Å².